The van der Waals surface area contributed by atoms with Gasteiger partial charge >= 0.3 is 6.18 Å². The standard InChI is InChI=1S/C23H20F3N7O3/c1-13(2)20-16(11-28-33(20)18-9-8-14(10-27-18)23(24,25)26)21(35)29-30-22(36)19-17(34)12-32(31-19)15-6-4-3-5-7-15/h3-13,34H,1-2H3,(H,29,35)(H,30,36). The van der Waals surface area contributed by atoms with Gasteiger partial charge in [-0.1, -0.05) is 32.0 Å². The van der Waals surface area contributed by atoms with E-state index in [9.17, 15) is 27.9 Å². The van der Waals surface area contributed by atoms with Gasteiger partial charge in [0.1, 0.15) is 0 Å². The van der Waals surface area contributed by atoms with Crippen LogP contribution in [0.3, 0.4) is 0 Å². The highest BCUT2D eigenvalue weighted by molar-refractivity contribution is 5.99. The van der Waals surface area contributed by atoms with E-state index in [1.165, 1.54) is 21.8 Å². The summed E-state index contributed by atoms with van der Waals surface area (Å²) >= 11 is 0. The highest BCUT2D eigenvalue weighted by Gasteiger charge is 2.31. The molecular weight excluding hydrogens is 479 g/mol. The predicted molar refractivity (Wildman–Crippen MR) is 121 cm³/mol. The number of pyridine rings is 1. The fraction of sp³-hybridized carbons (Fsp3) is 0.174. The topological polar surface area (TPSA) is 127 Å². The van der Waals surface area contributed by atoms with Crippen LogP contribution >= 0.6 is 0 Å². The minimum atomic E-state index is -4.54. The van der Waals surface area contributed by atoms with Crippen LogP contribution in [0.1, 0.15) is 51.9 Å². The van der Waals surface area contributed by atoms with Crippen molar-refractivity contribution >= 4 is 11.8 Å². The van der Waals surface area contributed by atoms with Crippen molar-refractivity contribution in [2.45, 2.75) is 25.9 Å². The van der Waals surface area contributed by atoms with Crippen molar-refractivity contribution in [2.24, 2.45) is 0 Å². The van der Waals surface area contributed by atoms with Gasteiger partial charge in [0.2, 0.25) is 0 Å². The van der Waals surface area contributed by atoms with Gasteiger partial charge in [-0.3, -0.25) is 20.4 Å². The van der Waals surface area contributed by atoms with Crippen LogP contribution in [-0.4, -0.2) is 41.5 Å². The van der Waals surface area contributed by atoms with E-state index in [0.717, 1.165) is 12.1 Å². The maximum atomic E-state index is 12.9. The lowest BCUT2D eigenvalue weighted by Gasteiger charge is -2.13. The van der Waals surface area contributed by atoms with Crippen LogP contribution in [0.5, 0.6) is 5.75 Å². The van der Waals surface area contributed by atoms with Crippen LogP contribution in [-0.2, 0) is 6.18 Å². The summed E-state index contributed by atoms with van der Waals surface area (Å²) in [4.78, 5) is 29.2. The Morgan fingerprint density at radius 3 is 2.31 bits per heavy atom. The summed E-state index contributed by atoms with van der Waals surface area (Å²) in [6.07, 6.45) is -1.38. The number of rotatable bonds is 5. The first-order valence-electron chi connectivity index (χ1n) is 10.6. The summed E-state index contributed by atoms with van der Waals surface area (Å²) in [6, 6.07) is 10.8. The van der Waals surface area contributed by atoms with Crippen LogP contribution < -0.4 is 10.9 Å². The van der Waals surface area contributed by atoms with Gasteiger partial charge in [-0.05, 0) is 30.2 Å². The number of amides is 2. The normalized spacial score (nSPS) is 11.5. The molecule has 0 spiro atoms. The molecule has 0 bridgehead atoms. The van der Waals surface area contributed by atoms with Crippen LogP contribution in [0.4, 0.5) is 13.2 Å². The Morgan fingerprint density at radius 1 is 1.00 bits per heavy atom. The third kappa shape index (κ3) is 4.89. The molecule has 0 radical (unpaired) electrons. The first-order chi connectivity index (χ1) is 17.1. The van der Waals surface area contributed by atoms with Crippen molar-refractivity contribution in [1.82, 2.24) is 35.4 Å². The van der Waals surface area contributed by atoms with Gasteiger partial charge in [-0.15, -0.1) is 0 Å². The summed E-state index contributed by atoms with van der Waals surface area (Å²) in [5, 5.41) is 18.3. The van der Waals surface area contributed by atoms with Gasteiger partial charge in [0, 0.05) is 6.20 Å². The number of nitrogens with one attached hydrogen (secondary N) is 2. The molecule has 3 N–H and O–H groups in total. The first-order valence-corrected chi connectivity index (χ1v) is 10.6. The molecule has 4 rings (SSSR count). The van der Waals surface area contributed by atoms with Crippen molar-refractivity contribution in [3.05, 3.63) is 83.6 Å². The largest absolute Gasteiger partial charge is 0.504 e. The van der Waals surface area contributed by atoms with Crippen LogP contribution in [0, 0.1) is 0 Å². The summed E-state index contributed by atoms with van der Waals surface area (Å²) in [5.41, 5.74) is 4.26. The molecule has 0 atom stereocenters. The molecule has 1 aromatic carbocycles. The molecule has 3 aromatic heterocycles. The van der Waals surface area contributed by atoms with E-state index < -0.39 is 29.3 Å². The third-order valence-electron chi connectivity index (χ3n) is 5.11. The quantitative estimate of drug-likeness (QED) is 0.362. The van der Waals surface area contributed by atoms with E-state index >= 15 is 0 Å². The van der Waals surface area contributed by atoms with Crippen molar-refractivity contribution in [3.8, 4) is 17.3 Å². The monoisotopic (exact) mass is 499 g/mol. The smallest absolute Gasteiger partial charge is 0.417 e. The number of carbonyl (C=O) groups is 2. The molecule has 4 aromatic rings. The van der Waals surface area contributed by atoms with Crippen molar-refractivity contribution in [2.75, 3.05) is 0 Å². The molecule has 3 heterocycles. The number of benzene rings is 1. The molecule has 13 heteroatoms. The molecule has 0 saturated heterocycles. The molecule has 0 fully saturated rings. The molecular formula is C23H20F3N7O3. The first kappa shape index (κ1) is 24.4. The Kier molecular flexibility index (Phi) is 6.47. The van der Waals surface area contributed by atoms with Gasteiger partial charge in [0.05, 0.1) is 34.9 Å². The molecule has 0 aliphatic carbocycles. The van der Waals surface area contributed by atoms with Gasteiger partial charge < -0.3 is 5.11 Å². The molecule has 10 nitrogen and oxygen atoms in total. The van der Waals surface area contributed by atoms with Crippen molar-refractivity contribution in [3.63, 3.8) is 0 Å². The van der Waals surface area contributed by atoms with Crippen molar-refractivity contribution < 1.29 is 27.9 Å². The van der Waals surface area contributed by atoms with Gasteiger partial charge in [-0.2, -0.15) is 23.4 Å². The van der Waals surface area contributed by atoms with E-state index in [1.807, 2.05) is 0 Å². The second-order valence-corrected chi connectivity index (χ2v) is 7.96. The van der Waals surface area contributed by atoms with Crippen LogP contribution in [0.25, 0.3) is 11.5 Å². The van der Waals surface area contributed by atoms with E-state index in [-0.39, 0.29) is 23.0 Å². The number of para-hydroxylation sites is 1. The fourth-order valence-corrected chi connectivity index (χ4v) is 3.43. The zero-order chi connectivity index (χ0) is 26.0. The summed E-state index contributed by atoms with van der Waals surface area (Å²) < 4.78 is 41.1. The van der Waals surface area contributed by atoms with E-state index in [1.54, 1.807) is 44.2 Å². The Balaban J connectivity index is 1.51. The molecule has 2 amide bonds. The SMILES string of the molecule is CC(C)c1c(C(=O)NNC(=O)c2nn(-c3ccccc3)cc2O)cnn1-c1ccc(C(F)(F)F)cn1. The Bertz CT molecular complexity index is 1390. The summed E-state index contributed by atoms with van der Waals surface area (Å²) in [7, 11) is 0. The lowest BCUT2D eigenvalue weighted by atomic mass is 10.1. The molecule has 36 heavy (non-hydrogen) atoms. The fourth-order valence-electron chi connectivity index (χ4n) is 3.43. The Morgan fingerprint density at radius 2 is 1.69 bits per heavy atom. The second kappa shape index (κ2) is 9.52. The second-order valence-electron chi connectivity index (χ2n) is 7.96. The number of alkyl halides is 3. The van der Waals surface area contributed by atoms with Crippen molar-refractivity contribution in [1.29, 1.82) is 0 Å². The van der Waals surface area contributed by atoms with Gasteiger partial charge in [-0.25, -0.2) is 14.3 Å². The molecule has 0 aliphatic heterocycles. The zero-order valence-electron chi connectivity index (χ0n) is 19.0. The van der Waals surface area contributed by atoms with Gasteiger partial charge in [0.25, 0.3) is 11.8 Å². The average Bonchev–Trinajstić information content (AvgIpc) is 3.47. The Labute approximate surface area is 202 Å². The lowest BCUT2D eigenvalue weighted by Crippen LogP contribution is -2.42. The number of hydrazine groups is 1. The van der Waals surface area contributed by atoms with E-state index in [2.05, 4.69) is 26.0 Å². The number of nitrogens with zero attached hydrogens (tertiary/aromatic N) is 5. The van der Waals surface area contributed by atoms with Gasteiger partial charge in [0.15, 0.2) is 17.3 Å². The van der Waals surface area contributed by atoms with E-state index in [4.69, 9.17) is 0 Å². The predicted octanol–water partition coefficient (Wildman–Crippen LogP) is 3.38. The molecule has 0 unspecified atom stereocenters. The Hall–Kier alpha value is -4.68. The van der Waals surface area contributed by atoms with E-state index in [0.29, 0.717) is 17.6 Å². The highest BCUT2D eigenvalue weighted by atomic mass is 19.4. The maximum absolute atomic E-state index is 12.9. The number of aromatic hydroxyl groups is 1. The minimum absolute atomic E-state index is 0.0750. The molecule has 0 saturated carbocycles. The van der Waals surface area contributed by atoms with Crippen LogP contribution in [0.2, 0.25) is 0 Å². The number of halogens is 3. The molecule has 0 aliphatic rings. The number of hydrogen-bond donors (Lipinski definition) is 3. The summed E-state index contributed by atoms with van der Waals surface area (Å²) in [5.74, 6) is -2.18. The van der Waals surface area contributed by atoms with Crippen LogP contribution in [0.15, 0.2) is 61.1 Å². The minimum Gasteiger partial charge on any atom is -0.504 e. The number of aromatic nitrogens is 5. The third-order valence-corrected chi connectivity index (χ3v) is 5.11. The lowest BCUT2D eigenvalue weighted by molar-refractivity contribution is -0.137. The summed E-state index contributed by atoms with van der Waals surface area (Å²) in [6.45, 7) is 3.53. The number of hydrogen-bond acceptors (Lipinski definition) is 6. The average molecular weight is 499 g/mol. The molecule has 186 valence electrons. The maximum Gasteiger partial charge on any atom is 0.417 e. The highest BCUT2D eigenvalue weighted by Crippen LogP contribution is 2.29. The zero-order valence-corrected chi connectivity index (χ0v) is 19.0. The number of carbonyl (C=O) groups excluding carboxylic acids is 2.